The minimum Gasteiger partial charge on any atom is -0.314 e. The zero-order chi connectivity index (χ0) is 15.6. The highest BCUT2D eigenvalue weighted by Gasteiger charge is 2.36. The van der Waals surface area contributed by atoms with Crippen molar-refractivity contribution in [1.29, 1.82) is 0 Å². The van der Waals surface area contributed by atoms with Gasteiger partial charge in [-0.3, -0.25) is 0 Å². The predicted octanol–water partition coefficient (Wildman–Crippen LogP) is 5.60. The van der Waals surface area contributed by atoms with Crippen molar-refractivity contribution in [3.05, 3.63) is 21.9 Å². The summed E-state index contributed by atoms with van der Waals surface area (Å²) in [4.78, 5) is 3.08. The molecule has 1 aromatic rings. The Morgan fingerprint density at radius 1 is 1.24 bits per heavy atom. The number of nitrogens with one attached hydrogen (secondary N) is 1. The third-order valence-corrected chi connectivity index (χ3v) is 6.27. The minimum atomic E-state index is 0.445. The molecule has 0 saturated heterocycles. The molecule has 1 heterocycles. The molecule has 1 N–H and O–H groups in total. The van der Waals surface area contributed by atoms with Crippen LogP contribution in [0.1, 0.15) is 69.6 Å². The quantitative estimate of drug-likeness (QED) is 0.763. The molecule has 3 unspecified atom stereocenters. The second-order valence-corrected chi connectivity index (χ2v) is 9.57. The highest BCUT2D eigenvalue weighted by Crippen LogP contribution is 2.48. The van der Waals surface area contributed by atoms with Crippen LogP contribution < -0.4 is 5.32 Å². The highest BCUT2D eigenvalue weighted by molar-refractivity contribution is 7.12. The van der Waals surface area contributed by atoms with Gasteiger partial charge in [0.2, 0.25) is 0 Å². The van der Waals surface area contributed by atoms with Crippen molar-refractivity contribution in [2.45, 2.75) is 72.8 Å². The fourth-order valence-electron chi connectivity index (χ4n) is 3.65. The first kappa shape index (κ1) is 17.0. The van der Waals surface area contributed by atoms with Gasteiger partial charge in [0.1, 0.15) is 0 Å². The molecule has 1 aliphatic carbocycles. The van der Waals surface area contributed by atoms with Gasteiger partial charge < -0.3 is 5.32 Å². The Balaban J connectivity index is 2.13. The molecule has 120 valence electrons. The fraction of sp³-hybridized carbons (Fsp3) is 0.789. The van der Waals surface area contributed by atoms with Gasteiger partial charge in [-0.05, 0) is 68.0 Å². The van der Waals surface area contributed by atoms with E-state index in [1.807, 2.05) is 11.3 Å². The second kappa shape index (κ2) is 6.83. The van der Waals surface area contributed by atoms with Crippen molar-refractivity contribution in [2.75, 3.05) is 6.54 Å². The molecule has 1 aliphatic rings. The summed E-state index contributed by atoms with van der Waals surface area (Å²) in [5, 5.41) is 3.68. The molecular weight excluding hydrogens is 274 g/mol. The van der Waals surface area contributed by atoms with Crippen LogP contribution in [0.4, 0.5) is 0 Å². The largest absolute Gasteiger partial charge is 0.314 e. The van der Waals surface area contributed by atoms with E-state index in [1.54, 1.807) is 4.88 Å². The van der Waals surface area contributed by atoms with E-state index in [0.29, 0.717) is 11.5 Å². The third kappa shape index (κ3) is 4.56. The Hall–Kier alpha value is -0.340. The van der Waals surface area contributed by atoms with Crippen LogP contribution in [0.2, 0.25) is 0 Å². The van der Waals surface area contributed by atoms with Gasteiger partial charge in [-0.25, -0.2) is 0 Å². The molecule has 1 nitrogen and oxygen atoms in total. The van der Waals surface area contributed by atoms with E-state index in [2.05, 4.69) is 59.0 Å². The van der Waals surface area contributed by atoms with E-state index in [9.17, 15) is 0 Å². The van der Waals surface area contributed by atoms with Gasteiger partial charge in [0.25, 0.3) is 0 Å². The molecule has 1 aromatic heterocycles. The maximum atomic E-state index is 3.68. The molecule has 2 heteroatoms. The fourth-order valence-corrected chi connectivity index (χ4v) is 4.74. The standard InChI is InChI=1S/C19H33NS/c1-13(2)20-12-15-8-9-16(19(4,5)6)11-17(15)18-10-7-14(3)21-18/h7,10,13,15-17,20H,8-9,11-12H2,1-6H3. The average Bonchev–Trinajstić information content (AvgIpc) is 2.81. The van der Waals surface area contributed by atoms with Crippen molar-refractivity contribution in [2.24, 2.45) is 17.3 Å². The van der Waals surface area contributed by atoms with E-state index < -0.39 is 0 Å². The SMILES string of the molecule is Cc1ccc(C2CC(C(C)(C)C)CCC2CNC(C)C)s1. The van der Waals surface area contributed by atoms with Crippen LogP contribution in [0.15, 0.2) is 12.1 Å². The first-order valence-corrected chi connectivity index (χ1v) is 9.38. The van der Waals surface area contributed by atoms with Crippen LogP contribution >= 0.6 is 11.3 Å². The Kier molecular flexibility index (Phi) is 5.54. The van der Waals surface area contributed by atoms with Crippen LogP contribution in [0.25, 0.3) is 0 Å². The van der Waals surface area contributed by atoms with Gasteiger partial charge in [-0.2, -0.15) is 0 Å². The Bertz CT molecular complexity index is 441. The summed E-state index contributed by atoms with van der Waals surface area (Å²) in [6, 6.07) is 5.28. The molecule has 0 amide bonds. The molecule has 0 bridgehead atoms. The van der Waals surface area contributed by atoms with Crippen molar-refractivity contribution in [3.63, 3.8) is 0 Å². The number of aryl methyl sites for hydroxylation is 1. The molecule has 1 fully saturated rings. The topological polar surface area (TPSA) is 12.0 Å². The Morgan fingerprint density at radius 2 is 1.95 bits per heavy atom. The van der Waals surface area contributed by atoms with Gasteiger partial charge >= 0.3 is 0 Å². The Labute approximate surface area is 135 Å². The molecule has 0 spiro atoms. The predicted molar refractivity (Wildman–Crippen MR) is 95.2 cm³/mol. The first-order valence-electron chi connectivity index (χ1n) is 8.57. The summed E-state index contributed by atoms with van der Waals surface area (Å²) in [5.74, 6) is 2.43. The lowest BCUT2D eigenvalue weighted by Gasteiger charge is -2.42. The van der Waals surface area contributed by atoms with Crippen LogP contribution in [-0.4, -0.2) is 12.6 Å². The highest BCUT2D eigenvalue weighted by atomic mass is 32.1. The molecule has 2 rings (SSSR count). The molecule has 0 aromatic carbocycles. The monoisotopic (exact) mass is 307 g/mol. The van der Waals surface area contributed by atoms with E-state index in [1.165, 1.54) is 30.7 Å². The number of thiophene rings is 1. The first-order chi connectivity index (χ1) is 9.77. The van der Waals surface area contributed by atoms with E-state index in [0.717, 1.165) is 17.8 Å². The molecule has 1 saturated carbocycles. The van der Waals surface area contributed by atoms with Crippen molar-refractivity contribution in [3.8, 4) is 0 Å². The van der Waals surface area contributed by atoms with Gasteiger partial charge in [-0.15, -0.1) is 11.3 Å². The minimum absolute atomic E-state index is 0.445. The molecule has 0 aliphatic heterocycles. The molecular formula is C19H33NS. The van der Waals surface area contributed by atoms with E-state index in [-0.39, 0.29) is 0 Å². The smallest absolute Gasteiger partial charge is 0.00823 e. The maximum absolute atomic E-state index is 3.68. The van der Waals surface area contributed by atoms with Crippen LogP contribution in [-0.2, 0) is 0 Å². The zero-order valence-electron chi connectivity index (χ0n) is 14.7. The summed E-state index contributed by atoms with van der Waals surface area (Å²) < 4.78 is 0. The summed E-state index contributed by atoms with van der Waals surface area (Å²) in [7, 11) is 0. The average molecular weight is 308 g/mol. The van der Waals surface area contributed by atoms with Crippen molar-refractivity contribution in [1.82, 2.24) is 5.32 Å². The second-order valence-electron chi connectivity index (χ2n) is 8.25. The lowest BCUT2D eigenvalue weighted by atomic mass is 9.65. The Morgan fingerprint density at radius 3 is 2.48 bits per heavy atom. The molecule has 0 radical (unpaired) electrons. The van der Waals surface area contributed by atoms with Crippen LogP contribution in [0.3, 0.4) is 0 Å². The number of rotatable bonds is 4. The van der Waals surface area contributed by atoms with E-state index in [4.69, 9.17) is 0 Å². The van der Waals surface area contributed by atoms with Gasteiger partial charge in [0.15, 0.2) is 0 Å². The van der Waals surface area contributed by atoms with Gasteiger partial charge in [-0.1, -0.05) is 34.6 Å². The van der Waals surface area contributed by atoms with Crippen molar-refractivity contribution >= 4 is 11.3 Å². The summed E-state index contributed by atoms with van der Waals surface area (Å²) in [6.07, 6.45) is 4.14. The third-order valence-electron chi connectivity index (χ3n) is 5.13. The van der Waals surface area contributed by atoms with Gasteiger partial charge in [0.05, 0.1) is 0 Å². The van der Waals surface area contributed by atoms with E-state index >= 15 is 0 Å². The maximum Gasteiger partial charge on any atom is 0.00823 e. The number of hydrogen-bond donors (Lipinski definition) is 1. The molecule has 21 heavy (non-hydrogen) atoms. The normalized spacial score (nSPS) is 27.3. The van der Waals surface area contributed by atoms with Crippen molar-refractivity contribution < 1.29 is 0 Å². The zero-order valence-corrected chi connectivity index (χ0v) is 15.5. The lowest BCUT2D eigenvalue weighted by molar-refractivity contribution is 0.129. The summed E-state index contributed by atoms with van der Waals surface area (Å²) >= 11 is 2.02. The molecule has 3 atom stereocenters. The number of hydrogen-bond acceptors (Lipinski definition) is 2. The summed E-state index contributed by atoms with van der Waals surface area (Å²) in [6.45, 7) is 15.2. The van der Waals surface area contributed by atoms with Crippen LogP contribution in [0.5, 0.6) is 0 Å². The van der Waals surface area contributed by atoms with Crippen LogP contribution in [0, 0.1) is 24.2 Å². The lowest BCUT2D eigenvalue weighted by Crippen LogP contribution is -2.37. The van der Waals surface area contributed by atoms with Gasteiger partial charge in [0, 0.05) is 15.8 Å². The summed E-state index contributed by atoms with van der Waals surface area (Å²) in [5.41, 5.74) is 0.445.